The van der Waals surface area contributed by atoms with Gasteiger partial charge in [0.1, 0.15) is 6.61 Å². The highest BCUT2D eigenvalue weighted by molar-refractivity contribution is 5.77. The van der Waals surface area contributed by atoms with Gasteiger partial charge in [0.25, 0.3) is 5.56 Å². The molecule has 2 aliphatic heterocycles. The van der Waals surface area contributed by atoms with E-state index < -0.39 is 0 Å². The van der Waals surface area contributed by atoms with Crippen molar-refractivity contribution in [2.75, 3.05) is 39.8 Å². The monoisotopic (exact) mass is 386 g/mol. The van der Waals surface area contributed by atoms with E-state index in [4.69, 9.17) is 4.74 Å². The van der Waals surface area contributed by atoms with Crippen LogP contribution in [0.5, 0.6) is 0 Å². The van der Waals surface area contributed by atoms with Crippen molar-refractivity contribution in [3.63, 3.8) is 0 Å². The number of carbonyl (C=O) groups excluding carboxylic acids is 1. The van der Waals surface area contributed by atoms with Crippen molar-refractivity contribution >= 4 is 5.91 Å². The van der Waals surface area contributed by atoms with Gasteiger partial charge < -0.3 is 14.5 Å². The lowest BCUT2D eigenvalue weighted by atomic mass is 9.96. The van der Waals surface area contributed by atoms with Crippen LogP contribution in [0.2, 0.25) is 0 Å². The van der Waals surface area contributed by atoms with Gasteiger partial charge in [-0.2, -0.15) is 5.10 Å². The number of piperidine rings is 1. The number of likely N-dealkylation sites (tertiary alicyclic amines) is 1. The summed E-state index contributed by atoms with van der Waals surface area (Å²) >= 11 is 0. The van der Waals surface area contributed by atoms with E-state index in [9.17, 15) is 9.59 Å². The van der Waals surface area contributed by atoms with E-state index in [0.717, 1.165) is 32.5 Å². The second-order valence-electron chi connectivity index (χ2n) is 7.61. The molecule has 0 N–H and O–H groups in total. The SMILES string of the molecule is CN1CC(CN2CCC(Cn3nc(-n4cccn4)ccc3=O)CC2)OCC1=O. The van der Waals surface area contributed by atoms with Crippen molar-refractivity contribution < 1.29 is 9.53 Å². The summed E-state index contributed by atoms with van der Waals surface area (Å²) in [5, 5.41) is 8.65. The van der Waals surface area contributed by atoms with Gasteiger partial charge in [0.2, 0.25) is 5.91 Å². The Hall–Kier alpha value is -2.52. The first-order valence-electron chi connectivity index (χ1n) is 9.74. The second kappa shape index (κ2) is 8.24. The molecular formula is C19H26N6O3. The highest BCUT2D eigenvalue weighted by atomic mass is 16.5. The zero-order valence-electron chi connectivity index (χ0n) is 16.1. The van der Waals surface area contributed by atoms with Gasteiger partial charge in [0, 0.05) is 45.1 Å². The van der Waals surface area contributed by atoms with Gasteiger partial charge in [-0.1, -0.05) is 0 Å². The van der Waals surface area contributed by atoms with E-state index in [1.165, 1.54) is 0 Å². The number of hydrogen-bond acceptors (Lipinski definition) is 6. The highest BCUT2D eigenvalue weighted by Crippen LogP contribution is 2.19. The van der Waals surface area contributed by atoms with E-state index in [1.807, 2.05) is 19.3 Å². The maximum Gasteiger partial charge on any atom is 0.266 e. The predicted molar refractivity (Wildman–Crippen MR) is 102 cm³/mol. The van der Waals surface area contributed by atoms with Gasteiger partial charge in [-0.15, -0.1) is 5.10 Å². The van der Waals surface area contributed by atoms with Gasteiger partial charge in [-0.05, 0) is 44.0 Å². The molecule has 9 nitrogen and oxygen atoms in total. The maximum atomic E-state index is 12.2. The zero-order valence-corrected chi connectivity index (χ0v) is 16.1. The number of hydrogen-bond donors (Lipinski definition) is 0. The molecule has 2 aromatic rings. The van der Waals surface area contributed by atoms with Crippen LogP contribution in [0.1, 0.15) is 12.8 Å². The Morgan fingerprint density at radius 3 is 2.71 bits per heavy atom. The van der Waals surface area contributed by atoms with E-state index in [1.54, 1.807) is 32.6 Å². The molecule has 150 valence electrons. The van der Waals surface area contributed by atoms with E-state index in [-0.39, 0.29) is 24.2 Å². The third-order valence-corrected chi connectivity index (χ3v) is 5.54. The Bertz CT molecular complexity index is 857. The quantitative estimate of drug-likeness (QED) is 0.719. The van der Waals surface area contributed by atoms with Crippen molar-refractivity contribution in [2.24, 2.45) is 5.92 Å². The molecule has 2 aromatic heterocycles. The Labute approximate surface area is 163 Å². The Balaban J connectivity index is 1.31. The van der Waals surface area contributed by atoms with Crippen LogP contribution >= 0.6 is 0 Å². The van der Waals surface area contributed by atoms with Crippen LogP contribution in [0.15, 0.2) is 35.4 Å². The minimum Gasteiger partial charge on any atom is -0.365 e. The molecule has 4 rings (SSSR count). The third kappa shape index (κ3) is 4.31. The lowest BCUT2D eigenvalue weighted by molar-refractivity contribution is -0.148. The molecule has 4 heterocycles. The van der Waals surface area contributed by atoms with Crippen molar-refractivity contribution in [2.45, 2.75) is 25.5 Å². The molecule has 0 radical (unpaired) electrons. The average Bonchev–Trinajstić information content (AvgIpc) is 3.23. The molecule has 0 aromatic carbocycles. The smallest absolute Gasteiger partial charge is 0.266 e. The predicted octanol–water partition coefficient (Wildman–Crippen LogP) is -0.00180. The summed E-state index contributed by atoms with van der Waals surface area (Å²) in [5.74, 6) is 1.12. The Morgan fingerprint density at radius 2 is 2.00 bits per heavy atom. The molecule has 28 heavy (non-hydrogen) atoms. The largest absolute Gasteiger partial charge is 0.365 e. The molecule has 1 atom stereocenters. The Kier molecular flexibility index (Phi) is 5.54. The van der Waals surface area contributed by atoms with Crippen LogP contribution in [-0.4, -0.2) is 81.2 Å². The normalized spacial score (nSPS) is 22.0. The first-order valence-corrected chi connectivity index (χ1v) is 9.74. The summed E-state index contributed by atoms with van der Waals surface area (Å²) in [5.41, 5.74) is -0.0818. The minimum absolute atomic E-state index is 0.0465. The zero-order chi connectivity index (χ0) is 19.5. The lowest BCUT2D eigenvalue weighted by Crippen LogP contribution is -2.50. The van der Waals surface area contributed by atoms with Crippen LogP contribution < -0.4 is 5.56 Å². The van der Waals surface area contributed by atoms with Crippen LogP contribution in [0.4, 0.5) is 0 Å². The number of rotatable bonds is 5. The van der Waals surface area contributed by atoms with Crippen molar-refractivity contribution in [3.05, 3.63) is 40.9 Å². The molecule has 1 unspecified atom stereocenters. The van der Waals surface area contributed by atoms with Crippen LogP contribution in [0, 0.1) is 5.92 Å². The topological polar surface area (TPSA) is 85.5 Å². The molecule has 0 saturated carbocycles. The molecule has 2 saturated heterocycles. The molecule has 1 amide bonds. The minimum atomic E-state index is -0.0818. The fourth-order valence-corrected chi connectivity index (χ4v) is 3.85. The molecule has 9 heteroatoms. The average molecular weight is 386 g/mol. The van der Waals surface area contributed by atoms with Crippen LogP contribution in [0.3, 0.4) is 0 Å². The number of aromatic nitrogens is 4. The number of ether oxygens (including phenoxy) is 1. The lowest BCUT2D eigenvalue weighted by Gasteiger charge is -2.37. The molecule has 2 aliphatic rings. The van der Waals surface area contributed by atoms with Crippen molar-refractivity contribution in [3.8, 4) is 5.82 Å². The van der Waals surface area contributed by atoms with Gasteiger partial charge in [-0.3, -0.25) is 9.59 Å². The number of nitrogens with zero attached hydrogens (tertiary/aromatic N) is 6. The van der Waals surface area contributed by atoms with Gasteiger partial charge in [-0.25, -0.2) is 9.36 Å². The standard InChI is InChI=1S/C19H26N6O3/c1-22-12-16(28-14-19(22)27)13-23-9-5-15(6-10-23)11-25-18(26)4-3-17(21-25)24-8-2-7-20-24/h2-4,7-8,15-16H,5-6,9-14H2,1H3. The third-order valence-electron chi connectivity index (χ3n) is 5.54. The van der Waals surface area contributed by atoms with Gasteiger partial charge >= 0.3 is 0 Å². The van der Waals surface area contributed by atoms with Crippen LogP contribution in [0.25, 0.3) is 5.82 Å². The number of likely N-dealkylation sites (N-methyl/N-ethyl adjacent to an activating group) is 1. The number of amides is 1. The second-order valence-corrected chi connectivity index (χ2v) is 7.61. The number of morpholine rings is 1. The summed E-state index contributed by atoms with van der Waals surface area (Å²) in [7, 11) is 1.83. The fourth-order valence-electron chi connectivity index (χ4n) is 3.85. The first-order chi connectivity index (χ1) is 13.6. The van der Waals surface area contributed by atoms with Gasteiger partial charge in [0.15, 0.2) is 5.82 Å². The summed E-state index contributed by atoms with van der Waals surface area (Å²) in [6, 6.07) is 5.08. The van der Waals surface area contributed by atoms with Crippen molar-refractivity contribution in [1.82, 2.24) is 29.4 Å². The summed E-state index contributed by atoms with van der Waals surface area (Å²) < 4.78 is 8.87. The molecule has 0 spiro atoms. The highest BCUT2D eigenvalue weighted by Gasteiger charge is 2.27. The van der Waals surface area contributed by atoms with Crippen molar-refractivity contribution in [1.29, 1.82) is 0 Å². The van der Waals surface area contributed by atoms with E-state index in [2.05, 4.69) is 15.1 Å². The molecule has 0 bridgehead atoms. The molecule has 0 aliphatic carbocycles. The molecule has 2 fully saturated rings. The summed E-state index contributed by atoms with van der Waals surface area (Å²) in [4.78, 5) is 27.9. The Morgan fingerprint density at radius 1 is 1.18 bits per heavy atom. The molecular weight excluding hydrogens is 360 g/mol. The summed E-state index contributed by atoms with van der Waals surface area (Å²) in [6.45, 7) is 4.24. The fraction of sp³-hybridized carbons (Fsp3) is 0.579. The summed E-state index contributed by atoms with van der Waals surface area (Å²) in [6.07, 6.45) is 5.61. The number of carbonyl (C=O) groups is 1. The van der Waals surface area contributed by atoms with E-state index >= 15 is 0 Å². The maximum absolute atomic E-state index is 12.2. The van der Waals surface area contributed by atoms with Crippen LogP contribution in [-0.2, 0) is 16.1 Å². The first kappa shape index (κ1) is 18.8. The van der Waals surface area contributed by atoms with Gasteiger partial charge in [0.05, 0.1) is 6.10 Å². The van der Waals surface area contributed by atoms with E-state index in [0.29, 0.717) is 24.8 Å².